The van der Waals surface area contributed by atoms with E-state index in [0.717, 1.165) is 24.0 Å². The number of amides is 2. The van der Waals surface area contributed by atoms with Gasteiger partial charge in [-0.3, -0.25) is 9.80 Å². The van der Waals surface area contributed by atoms with Crippen molar-refractivity contribution in [1.82, 2.24) is 14.7 Å². The van der Waals surface area contributed by atoms with Gasteiger partial charge in [0.15, 0.2) is 0 Å². The van der Waals surface area contributed by atoms with Crippen molar-refractivity contribution in [3.63, 3.8) is 0 Å². The molecule has 5 fully saturated rings. The van der Waals surface area contributed by atoms with Crippen LogP contribution in [0.1, 0.15) is 69.9 Å². The molecule has 296 valence electrons. The molecule has 1 unspecified atom stereocenters. The zero-order valence-corrected chi connectivity index (χ0v) is 32.6. The molecule has 2 aliphatic carbocycles. The number of rotatable bonds is 11. The molecule has 4 heterocycles. The highest BCUT2D eigenvalue weighted by Crippen LogP contribution is 2.59. The van der Waals surface area contributed by atoms with Gasteiger partial charge in [0.05, 0.1) is 18.6 Å². The van der Waals surface area contributed by atoms with Crippen molar-refractivity contribution in [2.24, 2.45) is 5.92 Å². The molecule has 6 aliphatic rings. The second-order valence-corrected chi connectivity index (χ2v) is 16.5. The van der Waals surface area contributed by atoms with E-state index in [2.05, 4.69) is 56.0 Å². The molecular formula is C43H55N3O9. The summed E-state index contributed by atoms with van der Waals surface area (Å²) >= 11 is 0. The Kier molecular flexibility index (Phi) is 10.7. The van der Waals surface area contributed by atoms with Crippen LogP contribution in [-0.2, 0) is 33.2 Å². The van der Waals surface area contributed by atoms with E-state index in [9.17, 15) is 14.4 Å². The maximum atomic E-state index is 13.4. The predicted molar refractivity (Wildman–Crippen MR) is 204 cm³/mol. The van der Waals surface area contributed by atoms with Crippen molar-refractivity contribution < 1.29 is 42.8 Å². The zero-order valence-electron chi connectivity index (χ0n) is 32.6. The molecule has 4 aliphatic heterocycles. The molecule has 0 radical (unpaired) electrons. The standard InChI is InChI=1S/C43H55N3O9/c1-28(2)15-16-36-42(3,55-36)38-37(50-4)35(17-18-43(38)27-53-43)54-40(48)45-22-20-44(21-23-45)24-25-51-39(47)34-14-9-19-46(34)41(49)52-26-33-31-12-7-5-10-29(31)30-11-6-8-13-32(30)33/h5-8,10-13,15,33-38H,9,14,16-27H2,1-4H3/t34-,35+,36+,37+,38+,42?,43-/m0/s1. The summed E-state index contributed by atoms with van der Waals surface area (Å²) in [6.07, 6.45) is 4.37. The molecule has 0 bridgehead atoms. The summed E-state index contributed by atoms with van der Waals surface area (Å²) in [7, 11) is 1.69. The number of carbonyl (C=O) groups excluding carboxylic acids is 3. The fraction of sp³-hybridized carbons (Fsp3) is 0.605. The van der Waals surface area contributed by atoms with Crippen LogP contribution in [0.15, 0.2) is 60.2 Å². The number of allylic oxidation sites excluding steroid dienone is 1. The molecule has 7 atom stereocenters. The maximum Gasteiger partial charge on any atom is 0.410 e. The molecule has 0 N–H and O–H groups in total. The van der Waals surface area contributed by atoms with Gasteiger partial charge in [-0.1, -0.05) is 60.2 Å². The zero-order chi connectivity index (χ0) is 38.3. The van der Waals surface area contributed by atoms with E-state index in [4.69, 9.17) is 28.4 Å². The number of nitrogens with zero attached hydrogens (tertiary/aromatic N) is 3. The lowest BCUT2D eigenvalue weighted by Crippen LogP contribution is -2.57. The van der Waals surface area contributed by atoms with Gasteiger partial charge < -0.3 is 33.3 Å². The number of esters is 1. The van der Waals surface area contributed by atoms with Crippen LogP contribution in [0.2, 0.25) is 0 Å². The van der Waals surface area contributed by atoms with Gasteiger partial charge in [-0.05, 0) is 75.1 Å². The highest BCUT2D eigenvalue weighted by molar-refractivity contribution is 5.82. The van der Waals surface area contributed by atoms with Crippen LogP contribution in [-0.4, -0.2) is 135 Å². The van der Waals surface area contributed by atoms with E-state index < -0.39 is 23.7 Å². The lowest BCUT2D eigenvalue weighted by molar-refractivity contribution is -0.149. The SMILES string of the molecule is CO[C@H]1[C@H](C2(C)O[C@@H]2CC=C(C)C)[C@]2(CC[C@H]1OC(=O)N1CCN(CCOC(=O)[C@@H]3CCCN3C(=O)OCC3c4ccccc4-c4ccccc43)CC1)CO2. The Hall–Kier alpha value is -3.97. The summed E-state index contributed by atoms with van der Waals surface area (Å²) in [5.74, 6) is -0.476. The average molecular weight is 758 g/mol. The average Bonchev–Trinajstić information content (AvgIpc) is 3.99. The smallest absolute Gasteiger partial charge is 0.410 e. The fourth-order valence-corrected chi connectivity index (χ4v) is 9.71. The van der Waals surface area contributed by atoms with Crippen LogP contribution in [0, 0.1) is 5.92 Å². The highest BCUT2D eigenvalue weighted by atomic mass is 16.6. The summed E-state index contributed by atoms with van der Waals surface area (Å²) in [5, 5.41) is 0. The molecule has 12 nitrogen and oxygen atoms in total. The number of carbonyl (C=O) groups is 3. The van der Waals surface area contributed by atoms with Crippen LogP contribution in [0.4, 0.5) is 9.59 Å². The van der Waals surface area contributed by atoms with Gasteiger partial charge in [0.2, 0.25) is 0 Å². The van der Waals surface area contributed by atoms with Crippen LogP contribution in [0.5, 0.6) is 0 Å². The highest BCUT2D eigenvalue weighted by Gasteiger charge is 2.72. The molecule has 1 spiro atoms. The number of ether oxygens (including phenoxy) is 6. The van der Waals surface area contributed by atoms with Crippen molar-refractivity contribution in [2.45, 2.75) is 94.3 Å². The normalized spacial score (nSPS) is 31.1. The number of hydrogen-bond acceptors (Lipinski definition) is 10. The molecule has 8 rings (SSSR count). The Morgan fingerprint density at radius 3 is 2.25 bits per heavy atom. The van der Waals surface area contributed by atoms with E-state index in [1.54, 1.807) is 12.0 Å². The van der Waals surface area contributed by atoms with Gasteiger partial charge in [0, 0.05) is 52.3 Å². The summed E-state index contributed by atoms with van der Waals surface area (Å²) in [6, 6.07) is 15.8. The largest absolute Gasteiger partial charge is 0.463 e. The molecule has 2 aromatic rings. The number of hydrogen-bond donors (Lipinski definition) is 0. The molecule has 12 heteroatoms. The number of benzene rings is 2. The Bertz CT molecular complexity index is 1740. The van der Waals surface area contributed by atoms with E-state index in [-0.39, 0.29) is 55.1 Å². The molecule has 2 amide bonds. The number of epoxide rings is 2. The first-order valence-corrected chi connectivity index (χ1v) is 20.1. The lowest BCUT2D eigenvalue weighted by atomic mass is 9.68. The first-order chi connectivity index (χ1) is 26.6. The molecule has 0 aromatic heterocycles. The topological polar surface area (TPSA) is 123 Å². The Morgan fingerprint density at radius 1 is 0.909 bits per heavy atom. The third-order valence-electron chi connectivity index (χ3n) is 12.9. The van der Waals surface area contributed by atoms with Crippen LogP contribution in [0.25, 0.3) is 11.1 Å². The van der Waals surface area contributed by atoms with Crippen molar-refractivity contribution in [1.29, 1.82) is 0 Å². The third kappa shape index (κ3) is 7.50. The fourth-order valence-electron chi connectivity index (χ4n) is 9.71. The van der Waals surface area contributed by atoms with Crippen molar-refractivity contribution in [3.8, 4) is 11.1 Å². The minimum Gasteiger partial charge on any atom is -0.463 e. The van der Waals surface area contributed by atoms with Crippen molar-refractivity contribution in [2.75, 3.05) is 66.2 Å². The molecule has 55 heavy (non-hydrogen) atoms. The second-order valence-electron chi connectivity index (χ2n) is 16.5. The van der Waals surface area contributed by atoms with Gasteiger partial charge in [-0.2, -0.15) is 0 Å². The third-order valence-corrected chi connectivity index (χ3v) is 12.9. The number of fused-ring (bicyclic) bond motifs is 3. The van der Waals surface area contributed by atoms with E-state index >= 15 is 0 Å². The monoisotopic (exact) mass is 757 g/mol. The number of methoxy groups -OCH3 is 1. The van der Waals surface area contributed by atoms with Gasteiger partial charge in [-0.15, -0.1) is 0 Å². The minimum absolute atomic E-state index is 0.0260. The Morgan fingerprint density at radius 2 is 1.60 bits per heavy atom. The van der Waals surface area contributed by atoms with Gasteiger partial charge in [0.25, 0.3) is 0 Å². The first-order valence-electron chi connectivity index (χ1n) is 20.1. The quantitative estimate of drug-likeness (QED) is 0.121. The molecule has 4 saturated heterocycles. The van der Waals surface area contributed by atoms with E-state index in [1.165, 1.54) is 21.6 Å². The number of piperazine rings is 1. The van der Waals surface area contributed by atoms with Crippen LogP contribution in [0.3, 0.4) is 0 Å². The van der Waals surface area contributed by atoms with Crippen molar-refractivity contribution >= 4 is 18.2 Å². The van der Waals surface area contributed by atoms with Gasteiger partial charge in [0.1, 0.15) is 42.7 Å². The summed E-state index contributed by atoms with van der Waals surface area (Å²) < 4.78 is 36.2. The maximum absolute atomic E-state index is 13.4. The molecule has 1 saturated carbocycles. The van der Waals surface area contributed by atoms with Crippen LogP contribution < -0.4 is 0 Å². The van der Waals surface area contributed by atoms with E-state index in [0.29, 0.717) is 65.1 Å². The second kappa shape index (κ2) is 15.5. The first kappa shape index (κ1) is 37.9. The van der Waals surface area contributed by atoms with E-state index in [1.807, 2.05) is 24.3 Å². The summed E-state index contributed by atoms with van der Waals surface area (Å²) in [6.45, 7) is 10.7. The number of likely N-dealkylation sites (tertiary alicyclic amines) is 1. The van der Waals surface area contributed by atoms with Crippen molar-refractivity contribution in [3.05, 3.63) is 71.3 Å². The minimum atomic E-state index is -0.656. The molecular weight excluding hydrogens is 702 g/mol. The van der Waals surface area contributed by atoms with Crippen LogP contribution >= 0.6 is 0 Å². The van der Waals surface area contributed by atoms with Gasteiger partial charge >= 0.3 is 18.2 Å². The lowest BCUT2D eigenvalue weighted by Gasteiger charge is -2.43. The summed E-state index contributed by atoms with van der Waals surface area (Å²) in [4.78, 5) is 45.4. The predicted octanol–water partition coefficient (Wildman–Crippen LogP) is 5.77. The summed E-state index contributed by atoms with van der Waals surface area (Å²) in [5.41, 5.74) is 5.23. The Balaban J connectivity index is 0.774. The Labute approximate surface area is 324 Å². The molecule has 2 aromatic carbocycles. The van der Waals surface area contributed by atoms with Gasteiger partial charge in [-0.25, -0.2) is 14.4 Å².